The third-order valence-electron chi connectivity index (χ3n) is 2.81. The molecular weight excluding hydrogens is 224 g/mol. The molecule has 1 aliphatic rings. The quantitative estimate of drug-likeness (QED) is 0.388. The summed E-state index contributed by atoms with van der Waals surface area (Å²) in [4.78, 5) is 24.4. The van der Waals surface area contributed by atoms with Gasteiger partial charge in [0.2, 0.25) is 0 Å². The van der Waals surface area contributed by atoms with Gasteiger partial charge in [-0.15, -0.1) is 0 Å². The summed E-state index contributed by atoms with van der Waals surface area (Å²) in [5.74, 6) is -1.05. The number of methoxy groups -OCH3 is 2. The number of esters is 2. The molecule has 0 saturated carbocycles. The molecule has 1 aliphatic heterocycles. The van der Waals surface area contributed by atoms with Crippen molar-refractivity contribution in [2.45, 2.75) is 18.9 Å². The lowest BCUT2D eigenvalue weighted by Crippen LogP contribution is -2.33. The minimum Gasteiger partial charge on any atom is -0.467 e. The average molecular weight is 238 g/mol. The zero-order valence-electron chi connectivity index (χ0n) is 10.0. The van der Waals surface area contributed by atoms with Gasteiger partial charge in [0.15, 0.2) is 5.57 Å². The molecule has 0 radical (unpaired) electrons. The average Bonchev–Trinajstić information content (AvgIpc) is 2.71. The summed E-state index contributed by atoms with van der Waals surface area (Å²) in [6, 6.07) is 1.37. The number of hydrogen-bond acceptors (Lipinski definition) is 6. The maximum Gasteiger partial charge on any atom is 0.350 e. The molecule has 0 bridgehead atoms. The van der Waals surface area contributed by atoms with Gasteiger partial charge in [0.1, 0.15) is 12.1 Å². The molecule has 1 atom stereocenters. The maximum absolute atomic E-state index is 11.4. The van der Waals surface area contributed by atoms with Crippen LogP contribution in [0.15, 0.2) is 11.3 Å². The first-order chi connectivity index (χ1) is 8.06. The second-order valence-electron chi connectivity index (χ2n) is 3.61. The molecule has 0 aromatic carbocycles. The molecule has 6 heteroatoms. The number of likely N-dealkylation sites (tertiary alicyclic amines) is 1. The van der Waals surface area contributed by atoms with Crippen LogP contribution in [0, 0.1) is 11.3 Å². The molecule has 6 nitrogen and oxygen atoms in total. The zero-order valence-corrected chi connectivity index (χ0v) is 10.0. The zero-order chi connectivity index (χ0) is 13.0. The number of rotatable bonds is 2. The van der Waals surface area contributed by atoms with Gasteiger partial charge in [0.25, 0.3) is 0 Å². The van der Waals surface area contributed by atoms with Crippen LogP contribution in [0.5, 0.6) is 0 Å². The van der Waals surface area contributed by atoms with Crippen LogP contribution in [0.4, 0.5) is 0 Å². The van der Waals surface area contributed by atoms with Crippen molar-refractivity contribution in [3.8, 4) is 6.07 Å². The second kappa shape index (κ2) is 5.34. The maximum atomic E-state index is 11.4. The Bertz CT molecular complexity index is 408. The first-order valence-corrected chi connectivity index (χ1v) is 5.09. The van der Waals surface area contributed by atoms with E-state index in [2.05, 4.69) is 9.47 Å². The highest BCUT2D eigenvalue weighted by molar-refractivity contribution is 5.93. The topological polar surface area (TPSA) is 79.6 Å². The third kappa shape index (κ3) is 2.38. The molecule has 1 saturated heterocycles. The van der Waals surface area contributed by atoms with Gasteiger partial charge < -0.3 is 14.4 Å². The SMILES string of the molecule is COC(=O)/C(C#N)=C1/CC[C@@H](C(=O)OC)N1C. The van der Waals surface area contributed by atoms with Gasteiger partial charge in [-0.2, -0.15) is 5.26 Å². The lowest BCUT2D eigenvalue weighted by molar-refractivity contribution is -0.145. The number of carbonyl (C=O) groups excluding carboxylic acids is 2. The standard InChI is InChI=1S/C11H14N2O4/c1-13-8(7(6-12)10(14)16-2)4-5-9(13)11(15)17-3/h9H,4-5H2,1-3H3/b8-7-/t9-/m0/s1. The Morgan fingerprint density at radius 1 is 1.41 bits per heavy atom. The van der Waals surface area contributed by atoms with E-state index in [1.807, 2.05) is 6.07 Å². The summed E-state index contributed by atoms with van der Waals surface area (Å²) in [6.07, 6.45) is 1.01. The van der Waals surface area contributed by atoms with E-state index in [1.165, 1.54) is 14.2 Å². The van der Waals surface area contributed by atoms with Crippen LogP contribution in [0.1, 0.15) is 12.8 Å². The van der Waals surface area contributed by atoms with Gasteiger partial charge in [-0.1, -0.05) is 0 Å². The molecule has 17 heavy (non-hydrogen) atoms. The van der Waals surface area contributed by atoms with Crippen LogP contribution in [-0.2, 0) is 19.1 Å². The predicted octanol–water partition coefficient (Wildman–Crippen LogP) is 0.204. The van der Waals surface area contributed by atoms with Gasteiger partial charge in [-0.3, -0.25) is 0 Å². The van der Waals surface area contributed by atoms with Crippen molar-refractivity contribution in [2.24, 2.45) is 0 Å². The van der Waals surface area contributed by atoms with Crippen LogP contribution >= 0.6 is 0 Å². The monoisotopic (exact) mass is 238 g/mol. The molecule has 0 aromatic heterocycles. The predicted molar refractivity (Wildman–Crippen MR) is 57.5 cm³/mol. The Morgan fingerprint density at radius 2 is 2.06 bits per heavy atom. The fourth-order valence-electron chi connectivity index (χ4n) is 1.87. The van der Waals surface area contributed by atoms with Gasteiger partial charge in [0, 0.05) is 12.7 Å². The number of likely N-dealkylation sites (N-methyl/N-ethyl adjacent to an activating group) is 1. The Labute approximate surface area is 99.4 Å². The summed E-state index contributed by atoms with van der Waals surface area (Å²) < 4.78 is 9.17. The van der Waals surface area contributed by atoms with Crippen LogP contribution < -0.4 is 0 Å². The normalized spacial score (nSPS) is 21.8. The van der Waals surface area contributed by atoms with Crippen LogP contribution in [0.3, 0.4) is 0 Å². The van der Waals surface area contributed by atoms with E-state index in [4.69, 9.17) is 5.26 Å². The second-order valence-corrected chi connectivity index (χ2v) is 3.61. The van der Waals surface area contributed by atoms with E-state index < -0.39 is 12.0 Å². The lowest BCUT2D eigenvalue weighted by atomic mass is 10.1. The first kappa shape index (κ1) is 13.0. The van der Waals surface area contributed by atoms with E-state index >= 15 is 0 Å². The van der Waals surface area contributed by atoms with Gasteiger partial charge >= 0.3 is 11.9 Å². The smallest absolute Gasteiger partial charge is 0.350 e. The van der Waals surface area contributed by atoms with Crippen molar-refractivity contribution >= 4 is 11.9 Å². The molecule has 1 rings (SSSR count). The summed E-state index contributed by atoms with van der Waals surface area (Å²) in [6.45, 7) is 0. The molecule has 0 N–H and O–H groups in total. The molecule has 1 heterocycles. The molecule has 1 fully saturated rings. The van der Waals surface area contributed by atoms with E-state index in [-0.39, 0.29) is 11.5 Å². The van der Waals surface area contributed by atoms with Crippen molar-refractivity contribution in [3.63, 3.8) is 0 Å². The lowest BCUT2D eigenvalue weighted by Gasteiger charge is -2.21. The molecule has 0 aliphatic carbocycles. The first-order valence-electron chi connectivity index (χ1n) is 5.09. The van der Waals surface area contributed by atoms with Gasteiger partial charge in [-0.25, -0.2) is 9.59 Å². The number of nitrogens with zero attached hydrogens (tertiary/aromatic N) is 2. The van der Waals surface area contributed by atoms with Crippen molar-refractivity contribution in [3.05, 3.63) is 11.3 Å². The fraction of sp³-hybridized carbons (Fsp3) is 0.545. The molecule has 0 unspecified atom stereocenters. The van der Waals surface area contributed by atoms with E-state index in [9.17, 15) is 9.59 Å². The van der Waals surface area contributed by atoms with E-state index in [0.717, 1.165) is 0 Å². The molecule has 0 aromatic rings. The molecule has 0 amide bonds. The van der Waals surface area contributed by atoms with Crippen LogP contribution in [0.2, 0.25) is 0 Å². The van der Waals surface area contributed by atoms with Gasteiger partial charge in [-0.05, 0) is 12.8 Å². The molecule has 0 spiro atoms. The highest BCUT2D eigenvalue weighted by Gasteiger charge is 2.35. The summed E-state index contributed by atoms with van der Waals surface area (Å²) in [5, 5.41) is 8.94. The number of allylic oxidation sites excluding steroid dienone is 1. The minimum absolute atomic E-state index is 0.0543. The number of ether oxygens (including phenoxy) is 2. The van der Waals surface area contributed by atoms with E-state index in [0.29, 0.717) is 18.5 Å². The van der Waals surface area contributed by atoms with Gasteiger partial charge in [0.05, 0.1) is 14.2 Å². The van der Waals surface area contributed by atoms with E-state index in [1.54, 1.807) is 11.9 Å². The van der Waals surface area contributed by atoms with Crippen molar-refractivity contribution in [1.29, 1.82) is 5.26 Å². The third-order valence-corrected chi connectivity index (χ3v) is 2.81. The Balaban J connectivity index is 3.03. The fourth-order valence-corrected chi connectivity index (χ4v) is 1.87. The van der Waals surface area contributed by atoms with Crippen LogP contribution in [-0.4, -0.2) is 44.1 Å². The van der Waals surface area contributed by atoms with Crippen molar-refractivity contribution in [2.75, 3.05) is 21.3 Å². The highest BCUT2D eigenvalue weighted by atomic mass is 16.5. The largest absolute Gasteiger partial charge is 0.467 e. The molecular formula is C11H14N2O4. The minimum atomic E-state index is -0.681. The Morgan fingerprint density at radius 3 is 2.53 bits per heavy atom. The van der Waals surface area contributed by atoms with Crippen molar-refractivity contribution in [1.82, 2.24) is 4.90 Å². The van der Waals surface area contributed by atoms with Crippen LogP contribution in [0.25, 0.3) is 0 Å². The number of hydrogen-bond donors (Lipinski definition) is 0. The Hall–Kier alpha value is -2.03. The summed E-state index contributed by atoms with van der Waals surface area (Å²) in [7, 11) is 4.18. The number of carbonyl (C=O) groups is 2. The molecule has 92 valence electrons. The summed E-state index contributed by atoms with van der Waals surface area (Å²) in [5.41, 5.74) is 0.469. The van der Waals surface area contributed by atoms with Crippen molar-refractivity contribution < 1.29 is 19.1 Å². The highest BCUT2D eigenvalue weighted by Crippen LogP contribution is 2.29. The Kier molecular flexibility index (Phi) is 4.10. The number of nitriles is 1. The summed E-state index contributed by atoms with van der Waals surface area (Å²) >= 11 is 0.